The van der Waals surface area contributed by atoms with Crippen molar-refractivity contribution in [1.29, 1.82) is 0 Å². The van der Waals surface area contributed by atoms with Crippen molar-refractivity contribution in [3.05, 3.63) is 30.3 Å². The lowest BCUT2D eigenvalue weighted by atomic mass is 10.1. The summed E-state index contributed by atoms with van der Waals surface area (Å²) in [7, 11) is 1.84. The Hall–Kier alpha value is -1.35. The van der Waals surface area contributed by atoms with Gasteiger partial charge in [0.25, 0.3) is 0 Å². The Morgan fingerprint density at radius 3 is 2.73 bits per heavy atom. The third-order valence-electron chi connectivity index (χ3n) is 2.88. The quantitative estimate of drug-likeness (QED) is 0.786. The van der Waals surface area contributed by atoms with E-state index < -0.39 is 0 Å². The first-order valence-corrected chi connectivity index (χ1v) is 5.32. The highest BCUT2D eigenvalue weighted by Gasteiger charge is 2.25. The maximum absolute atomic E-state index is 12.0. The van der Waals surface area contributed by atoms with Crippen molar-refractivity contribution in [3.8, 4) is 0 Å². The molecule has 3 nitrogen and oxygen atoms in total. The van der Waals surface area contributed by atoms with Gasteiger partial charge in [0.05, 0.1) is 5.92 Å². The molecule has 0 spiro atoms. The standard InChI is InChI=1S/C12H16N2O/c1-14(11-5-3-2-4-6-11)12(15)10-7-8-13-9-10/h2-6,10,13H,7-9H2,1H3. The van der Waals surface area contributed by atoms with Gasteiger partial charge in [-0.1, -0.05) is 18.2 Å². The topological polar surface area (TPSA) is 32.3 Å². The second kappa shape index (κ2) is 4.45. The number of amides is 1. The molecule has 1 N–H and O–H groups in total. The molecule has 0 aliphatic carbocycles. The molecule has 1 amide bonds. The van der Waals surface area contributed by atoms with Crippen LogP contribution in [0.3, 0.4) is 0 Å². The van der Waals surface area contributed by atoms with Gasteiger partial charge >= 0.3 is 0 Å². The Balaban J connectivity index is 2.07. The average molecular weight is 204 g/mol. The van der Waals surface area contributed by atoms with Crippen molar-refractivity contribution < 1.29 is 4.79 Å². The number of hydrogen-bond donors (Lipinski definition) is 1. The molecule has 1 atom stereocenters. The summed E-state index contributed by atoms with van der Waals surface area (Å²) in [6, 6.07) is 9.78. The van der Waals surface area contributed by atoms with Crippen molar-refractivity contribution >= 4 is 11.6 Å². The maximum Gasteiger partial charge on any atom is 0.231 e. The monoisotopic (exact) mass is 204 g/mol. The zero-order valence-corrected chi connectivity index (χ0v) is 8.94. The number of carbonyl (C=O) groups is 1. The van der Waals surface area contributed by atoms with E-state index in [4.69, 9.17) is 0 Å². The van der Waals surface area contributed by atoms with Crippen LogP contribution in [0.4, 0.5) is 5.69 Å². The molecule has 2 rings (SSSR count). The number of nitrogens with one attached hydrogen (secondary N) is 1. The number of benzene rings is 1. The van der Waals surface area contributed by atoms with Gasteiger partial charge in [0.15, 0.2) is 0 Å². The van der Waals surface area contributed by atoms with Gasteiger partial charge in [-0.25, -0.2) is 0 Å². The van der Waals surface area contributed by atoms with Crippen LogP contribution in [-0.4, -0.2) is 26.0 Å². The number of carbonyl (C=O) groups excluding carboxylic acids is 1. The molecule has 1 fully saturated rings. The van der Waals surface area contributed by atoms with E-state index >= 15 is 0 Å². The molecule has 1 aromatic carbocycles. The van der Waals surface area contributed by atoms with Crippen molar-refractivity contribution in [1.82, 2.24) is 5.32 Å². The van der Waals surface area contributed by atoms with E-state index in [1.807, 2.05) is 37.4 Å². The summed E-state index contributed by atoms with van der Waals surface area (Å²) >= 11 is 0. The zero-order chi connectivity index (χ0) is 10.7. The van der Waals surface area contributed by atoms with Gasteiger partial charge in [-0.15, -0.1) is 0 Å². The van der Waals surface area contributed by atoms with Crippen LogP contribution in [0.5, 0.6) is 0 Å². The predicted molar refractivity (Wildman–Crippen MR) is 60.8 cm³/mol. The third-order valence-corrected chi connectivity index (χ3v) is 2.88. The van der Waals surface area contributed by atoms with E-state index in [0.717, 1.165) is 25.2 Å². The third kappa shape index (κ3) is 2.18. The van der Waals surface area contributed by atoms with Crippen molar-refractivity contribution in [2.24, 2.45) is 5.92 Å². The lowest BCUT2D eigenvalue weighted by Gasteiger charge is -2.20. The first kappa shape index (κ1) is 10.2. The fraction of sp³-hybridized carbons (Fsp3) is 0.417. The van der Waals surface area contributed by atoms with Crippen LogP contribution < -0.4 is 10.2 Å². The average Bonchev–Trinajstić information content (AvgIpc) is 2.82. The lowest BCUT2D eigenvalue weighted by Crippen LogP contribution is -2.33. The molecule has 0 radical (unpaired) electrons. The van der Waals surface area contributed by atoms with E-state index in [-0.39, 0.29) is 11.8 Å². The smallest absolute Gasteiger partial charge is 0.231 e. The first-order chi connectivity index (χ1) is 7.29. The molecule has 0 saturated carbocycles. The Morgan fingerprint density at radius 1 is 1.40 bits per heavy atom. The Morgan fingerprint density at radius 2 is 2.13 bits per heavy atom. The summed E-state index contributed by atoms with van der Waals surface area (Å²) in [6.45, 7) is 1.77. The number of anilines is 1. The zero-order valence-electron chi connectivity index (χ0n) is 8.94. The minimum atomic E-state index is 0.148. The molecule has 1 aliphatic rings. The van der Waals surface area contributed by atoms with Gasteiger partial charge in [0.1, 0.15) is 0 Å². The largest absolute Gasteiger partial charge is 0.316 e. The molecular weight excluding hydrogens is 188 g/mol. The maximum atomic E-state index is 12.0. The number of para-hydroxylation sites is 1. The van der Waals surface area contributed by atoms with Gasteiger partial charge in [-0.2, -0.15) is 0 Å². The van der Waals surface area contributed by atoms with Crippen molar-refractivity contribution in [2.75, 3.05) is 25.0 Å². The molecule has 80 valence electrons. The first-order valence-electron chi connectivity index (χ1n) is 5.32. The SMILES string of the molecule is CN(C(=O)C1CCNC1)c1ccccc1. The molecule has 3 heteroatoms. The van der Waals surface area contributed by atoms with E-state index in [2.05, 4.69) is 5.32 Å². The van der Waals surface area contributed by atoms with Crippen LogP contribution in [0.15, 0.2) is 30.3 Å². The Bertz CT molecular complexity index is 331. The lowest BCUT2D eigenvalue weighted by molar-refractivity contribution is -0.121. The molecule has 15 heavy (non-hydrogen) atoms. The number of rotatable bonds is 2. The molecule has 1 unspecified atom stereocenters. The van der Waals surface area contributed by atoms with Crippen LogP contribution in [0.1, 0.15) is 6.42 Å². The van der Waals surface area contributed by atoms with Gasteiger partial charge in [-0.3, -0.25) is 4.79 Å². The van der Waals surface area contributed by atoms with E-state index in [0.29, 0.717) is 0 Å². The van der Waals surface area contributed by atoms with Gasteiger partial charge in [0.2, 0.25) is 5.91 Å². The van der Waals surface area contributed by atoms with E-state index in [1.54, 1.807) is 4.90 Å². The molecule has 0 bridgehead atoms. The Labute approximate surface area is 90.1 Å². The second-order valence-electron chi connectivity index (χ2n) is 3.92. The van der Waals surface area contributed by atoms with Crippen molar-refractivity contribution in [2.45, 2.75) is 6.42 Å². The summed E-state index contributed by atoms with van der Waals surface area (Å²) in [4.78, 5) is 13.8. The predicted octanol–water partition coefficient (Wildman–Crippen LogP) is 1.26. The molecular formula is C12H16N2O. The fourth-order valence-electron chi connectivity index (χ4n) is 1.92. The summed E-state index contributed by atoms with van der Waals surface area (Å²) < 4.78 is 0. The molecule has 0 aromatic heterocycles. The summed E-state index contributed by atoms with van der Waals surface area (Å²) in [5.74, 6) is 0.362. The van der Waals surface area contributed by atoms with E-state index in [9.17, 15) is 4.79 Å². The van der Waals surface area contributed by atoms with Gasteiger partial charge < -0.3 is 10.2 Å². The van der Waals surface area contributed by atoms with Crippen LogP contribution >= 0.6 is 0 Å². The van der Waals surface area contributed by atoms with Crippen LogP contribution in [0, 0.1) is 5.92 Å². The van der Waals surface area contributed by atoms with Crippen LogP contribution in [0.25, 0.3) is 0 Å². The number of nitrogens with zero attached hydrogens (tertiary/aromatic N) is 1. The molecule has 1 saturated heterocycles. The second-order valence-corrected chi connectivity index (χ2v) is 3.92. The summed E-state index contributed by atoms with van der Waals surface area (Å²) in [6.07, 6.45) is 0.954. The highest BCUT2D eigenvalue weighted by Crippen LogP contribution is 2.17. The van der Waals surface area contributed by atoms with Crippen LogP contribution in [0.2, 0.25) is 0 Å². The highest BCUT2D eigenvalue weighted by molar-refractivity contribution is 5.94. The molecule has 1 heterocycles. The minimum absolute atomic E-state index is 0.148. The molecule has 1 aromatic rings. The molecule has 1 aliphatic heterocycles. The number of hydrogen-bond acceptors (Lipinski definition) is 2. The van der Waals surface area contributed by atoms with Gasteiger partial charge in [-0.05, 0) is 25.1 Å². The highest BCUT2D eigenvalue weighted by atomic mass is 16.2. The summed E-state index contributed by atoms with van der Waals surface area (Å²) in [5, 5.41) is 3.21. The van der Waals surface area contributed by atoms with E-state index in [1.165, 1.54) is 0 Å². The fourth-order valence-corrected chi connectivity index (χ4v) is 1.92. The van der Waals surface area contributed by atoms with Crippen LogP contribution in [-0.2, 0) is 4.79 Å². The minimum Gasteiger partial charge on any atom is -0.316 e. The summed E-state index contributed by atoms with van der Waals surface area (Å²) in [5.41, 5.74) is 0.967. The van der Waals surface area contributed by atoms with Gasteiger partial charge in [0, 0.05) is 19.3 Å². The normalized spacial score (nSPS) is 20.2. The van der Waals surface area contributed by atoms with Crippen molar-refractivity contribution in [3.63, 3.8) is 0 Å². The Kier molecular flexibility index (Phi) is 3.02.